The molecule has 1 aliphatic rings. The van der Waals surface area contributed by atoms with Gasteiger partial charge in [0.05, 0.1) is 0 Å². The largest absolute Gasteiger partial charge is 0.451 e. The summed E-state index contributed by atoms with van der Waals surface area (Å²) < 4.78 is 25.3. The number of halogens is 1. The van der Waals surface area contributed by atoms with Crippen LogP contribution in [0.5, 0.6) is 0 Å². The Morgan fingerprint density at radius 2 is 1.86 bits per heavy atom. The summed E-state index contributed by atoms with van der Waals surface area (Å²) in [6.07, 6.45) is 1.52. The standard InChI is InChI=1S/C22H22FNO3S/c1-22(10-12-26-13-11-22)24-21(25)20-16(15-6-2-4-8-18(15)27-20)14-28-19-9-5-3-7-17(19)23/h2-9H,10-14H2,1H3,(H,24,25). The summed E-state index contributed by atoms with van der Waals surface area (Å²) >= 11 is 1.36. The van der Waals surface area contributed by atoms with Crippen LogP contribution in [-0.2, 0) is 10.5 Å². The highest BCUT2D eigenvalue weighted by molar-refractivity contribution is 7.98. The van der Waals surface area contributed by atoms with Crippen molar-refractivity contribution >= 4 is 28.6 Å². The Kier molecular flexibility index (Phi) is 5.42. The lowest BCUT2D eigenvalue weighted by Gasteiger charge is -2.34. The highest BCUT2D eigenvalue weighted by atomic mass is 32.2. The molecule has 1 fully saturated rings. The van der Waals surface area contributed by atoms with E-state index in [2.05, 4.69) is 5.32 Å². The molecule has 0 aliphatic carbocycles. The maximum absolute atomic E-state index is 14.0. The van der Waals surface area contributed by atoms with Crippen LogP contribution in [0.25, 0.3) is 11.0 Å². The number of rotatable bonds is 5. The quantitative estimate of drug-likeness (QED) is 0.602. The Hall–Kier alpha value is -2.31. The van der Waals surface area contributed by atoms with Crippen molar-refractivity contribution in [3.05, 3.63) is 65.7 Å². The molecule has 1 aliphatic heterocycles. The van der Waals surface area contributed by atoms with Crippen LogP contribution >= 0.6 is 11.8 Å². The van der Waals surface area contributed by atoms with E-state index in [-0.39, 0.29) is 17.3 Å². The lowest BCUT2D eigenvalue weighted by molar-refractivity contribution is 0.0415. The number of carbonyl (C=O) groups excluding carboxylic acids is 1. The zero-order chi connectivity index (χ0) is 19.6. The van der Waals surface area contributed by atoms with Gasteiger partial charge in [-0.3, -0.25) is 4.79 Å². The number of carbonyl (C=O) groups is 1. The molecule has 2 heterocycles. The van der Waals surface area contributed by atoms with E-state index in [1.807, 2.05) is 31.2 Å². The number of hydrogen-bond donors (Lipinski definition) is 1. The third kappa shape index (κ3) is 3.93. The third-order valence-electron chi connectivity index (χ3n) is 5.12. The number of hydrogen-bond acceptors (Lipinski definition) is 4. The van der Waals surface area contributed by atoms with E-state index in [0.29, 0.717) is 35.2 Å². The van der Waals surface area contributed by atoms with E-state index in [1.54, 1.807) is 18.2 Å². The SMILES string of the molecule is CC1(NC(=O)c2oc3ccccc3c2CSc2ccccc2F)CCOCC1. The van der Waals surface area contributed by atoms with E-state index >= 15 is 0 Å². The Labute approximate surface area is 167 Å². The van der Waals surface area contributed by atoms with Crippen LogP contribution in [0.2, 0.25) is 0 Å². The first-order chi connectivity index (χ1) is 13.6. The number of ether oxygens (including phenoxy) is 1. The zero-order valence-electron chi connectivity index (χ0n) is 15.7. The minimum atomic E-state index is -0.315. The molecule has 6 heteroatoms. The van der Waals surface area contributed by atoms with Gasteiger partial charge in [0.25, 0.3) is 5.91 Å². The Morgan fingerprint density at radius 3 is 2.64 bits per heavy atom. The summed E-state index contributed by atoms with van der Waals surface area (Å²) in [7, 11) is 0. The highest BCUT2D eigenvalue weighted by Crippen LogP contribution is 2.33. The number of fused-ring (bicyclic) bond motifs is 1. The summed E-state index contributed by atoms with van der Waals surface area (Å²) in [6, 6.07) is 14.2. The number of thioether (sulfide) groups is 1. The Morgan fingerprint density at radius 1 is 1.14 bits per heavy atom. The molecule has 0 radical (unpaired) electrons. The molecule has 2 aromatic carbocycles. The number of amides is 1. The minimum Gasteiger partial charge on any atom is -0.451 e. The van der Waals surface area contributed by atoms with Gasteiger partial charge >= 0.3 is 0 Å². The first kappa shape index (κ1) is 19.0. The molecule has 28 heavy (non-hydrogen) atoms. The third-order valence-corrected chi connectivity index (χ3v) is 6.20. The predicted octanol–water partition coefficient (Wildman–Crippen LogP) is 5.16. The first-order valence-corrected chi connectivity index (χ1v) is 10.3. The molecule has 4 rings (SSSR count). The van der Waals surface area contributed by atoms with E-state index in [4.69, 9.17) is 9.15 Å². The molecule has 146 valence electrons. The number of nitrogens with one attached hydrogen (secondary N) is 1. The summed E-state index contributed by atoms with van der Waals surface area (Å²) in [5.74, 6) is 0.254. The molecule has 3 aromatic rings. The van der Waals surface area contributed by atoms with Crippen LogP contribution in [-0.4, -0.2) is 24.7 Å². The molecule has 0 bridgehead atoms. The van der Waals surface area contributed by atoms with Crippen molar-refractivity contribution in [1.29, 1.82) is 0 Å². The highest BCUT2D eigenvalue weighted by Gasteiger charge is 2.31. The summed E-state index contributed by atoms with van der Waals surface area (Å²) in [4.78, 5) is 13.6. The minimum absolute atomic E-state index is 0.232. The molecule has 0 saturated carbocycles. The fourth-order valence-electron chi connectivity index (χ4n) is 3.41. The first-order valence-electron chi connectivity index (χ1n) is 9.34. The molecule has 0 atom stereocenters. The zero-order valence-corrected chi connectivity index (χ0v) is 16.5. The van der Waals surface area contributed by atoms with Crippen LogP contribution in [0.15, 0.2) is 57.8 Å². The van der Waals surface area contributed by atoms with E-state index in [9.17, 15) is 9.18 Å². The Bertz CT molecular complexity index is 994. The van der Waals surface area contributed by atoms with Gasteiger partial charge in [0.15, 0.2) is 5.76 Å². The van der Waals surface area contributed by atoms with Gasteiger partial charge in [0, 0.05) is 40.4 Å². The maximum atomic E-state index is 14.0. The van der Waals surface area contributed by atoms with Gasteiger partial charge < -0.3 is 14.5 Å². The number of para-hydroxylation sites is 1. The fourth-order valence-corrected chi connectivity index (χ4v) is 4.38. The van der Waals surface area contributed by atoms with Gasteiger partial charge in [-0.15, -0.1) is 11.8 Å². The molecular formula is C22H22FNO3S. The lowest BCUT2D eigenvalue weighted by atomic mass is 9.92. The fraction of sp³-hybridized carbons (Fsp3) is 0.318. The van der Waals surface area contributed by atoms with Gasteiger partial charge in [0.1, 0.15) is 11.4 Å². The van der Waals surface area contributed by atoms with Crippen LogP contribution in [0.3, 0.4) is 0 Å². The van der Waals surface area contributed by atoms with Crippen molar-refractivity contribution in [2.75, 3.05) is 13.2 Å². The van der Waals surface area contributed by atoms with Crippen LogP contribution in [0, 0.1) is 5.82 Å². The number of furan rings is 1. The molecule has 4 nitrogen and oxygen atoms in total. The van der Waals surface area contributed by atoms with E-state index < -0.39 is 0 Å². The van der Waals surface area contributed by atoms with Crippen molar-refractivity contribution in [1.82, 2.24) is 5.32 Å². The van der Waals surface area contributed by atoms with E-state index in [0.717, 1.165) is 23.8 Å². The predicted molar refractivity (Wildman–Crippen MR) is 108 cm³/mol. The molecule has 1 saturated heterocycles. The molecule has 0 spiro atoms. The maximum Gasteiger partial charge on any atom is 0.287 e. The molecule has 1 amide bonds. The smallest absolute Gasteiger partial charge is 0.287 e. The normalized spacial score (nSPS) is 16.2. The van der Waals surface area contributed by atoms with Crippen LogP contribution in [0.1, 0.15) is 35.9 Å². The lowest BCUT2D eigenvalue weighted by Crippen LogP contribution is -2.49. The van der Waals surface area contributed by atoms with E-state index in [1.165, 1.54) is 17.8 Å². The van der Waals surface area contributed by atoms with Crippen molar-refractivity contribution in [3.63, 3.8) is 0 Å². The van der Waals surface area contributed by atoms with Crippen molar-refractivity contribution in [2.45, 2.75) is 36.0 Å². The van der Waals surface area contributed by atoms with Crippen LogP contribution in [0.4, 0.5) is 4.39 Å². The summed E-state index contributed by atoms with van der Waals surface area (Å²) in [6.45, 7) is 3.30. The monoisotopic (exact) mass is 399 g/mol. The molecule has 0 unspecified atom stereocenters. The topological polar surface area (TPSA) is 51.5 Å². The molecule has 1 aromatic heterocycles. The van der Waals surface area contributed by atoms with Gasteiger partial charge in [-0.25, -0.2) is 4.39 Å². The second-order valence-corrected chi connectivity index (χ2v) is 8.27. The number of benzene rings is 2. The second-order valence-electron chi connectivity index (χ2n) is 7.25. The van der Waals surface area contributed by atoms with Crippen molar-refractivity contribution < 1.29 is 18.3 Å². The molecule has 1 N–H and O–H groups in total. The van der Waals surface area contributed by atoms with Gasteiger partial charge in [-0.2, -0.15) is 0 Å². The van der Waals surface area contributed by atoms with Crippen LogP contribution < -0.4 is 5.32 Å². The summed E-state index contributed by atoms with van der Waals surface area (Å²) in [5, 5.41) is 4.01. The van der Waals surface area contributed by atoms with Crippen molar-refractivity contribution in [2.24, 2.45) is 0 Å². The Balaban J connectivity index is 1.63. The van der Waals surface area contributed by atoms with Gasteiger partial charge in [-0.1, -0.05) is 30.3 Å². The second kappa shape index (κ2) is 7.97. The molecular weight excluding hydrogens is 377 g/mol. The average Bonchev–Trinajstić information content (AvgIpc) is 3.06. The van der Waals surface area contributed by atoms with Gasteiger partial charge in [-0.05, 0) is 38.0 Å². The summed E-state index contributed by atoms with van der Waals surface area (Å²) in [5.41, 5.74) is 1.13. The van der Waals surface area contributed by atoms with Crippen molar-refractivity contribution in [3.8, 4) is 0 Å². The average molecular weight is 399 g/mol. The van der Waals surface area contributed by atoms with Gasteiger partial charge in [0.2, 0.25) is 0 Å².